The van der Waals surface area contributed by atoms with Crippen LogP contribution in [0.15, 0.2) is 0 Å². The lowest BCUT2D eigenvalue weighted by molar-refractivity contribution is -0.148. The SMILES string of the molecule is CCC(O)CC(CC(C)CS(=O)(=O)O)OC(C)=O. The summed E-state index contributed by atoms with van der Waals surface area (Å²) in [7, 11) is -4.03. The fourth-order valence-corrected chi connectivity index (χ4v) is 2.63. The van der Waals surface area contributed by atoms with Crippen molar-refractivity contribution in [2.45, 2.75) is 52.2 Å². The summed E-state index contributed by atoms with van der Waals surface area (Å²) in [6, 6.07) is 0. The van der Waals surface area contributed by atoms with Crippen molar-refractivity contribution in [2.24, 2.45) is 5.92 Å². The van der Waals surface area contributed by atoms with E-state index in [4.69, 9.17) is 9.29 Å². The lowest BCUT2D eigenvalue weighted by Gasteiger charge is -2.22. The molecule has 0 radical (unpaired) electrons. The second-order valence-corrected chi connectivity index (χ2v) is 6.12. The van der Waals surface area contributed by atoms with E-state index in [2.05, 4.69) is 0 Å². The maximum absolute atomic E-state index is 10.9. The predicted molar refractivity (Wildman–Crippen MR) is 66.7 cm³/mol. The Morgan fingerprint density at radius 1 is 1.33 bits per heavy atom. The first-order valence-electron chi connectivity index (χ1n) is 5.94. The van der Waals surface area contributed by atoms with Crippen LogP contribution in [0.3, 0.4) is 0 Å². The summed E-state index contributed by atoms with van der Waals surface area (Å²) in [6.45, 7) is 4.71. The van der Waals surface area contributed by atoms with Gasteiger partial charge in [0.15, 0.2) is 0 Å². The van der Waals surface area contributed by atoms with Crippen LogP contribution in [0, 0.1) is 5.92 Å². The second kappa shape index (κ2) is 7.70. The molecule has 3 atom stereocenters. The van der Waals surface area contributed by atoms with E-state index in [-0.39, 0.29) is 24.5 Å². The number of esters is 1. The van der Waals surface area contributed by atoms with Crippen molar-refractivity contribution >= 4 is 16.1 Å². The third-order valence-corrected chi connectivity index (χ3v) is 3.49. The summed E-state index contributed by atoms with van der Waals surface area (Å²) in [5.74, 6) is -1.21. The molecule has 0 aromatic heterocycles. The first kappa shape index (κ1) is 17.3. The van der Waals surface area contributed by atoms with Crippen molar-refractivity contribution in [1.29, 1.82) is 0 Å². The van der Waals surface area contributed by atoms with Gasteiger partial charge in [0.25, 0.3) is 10.1 Å². The zero-order valence-corrected chi connectivity index (χ0v) is 11.8. The third kappa shape index (κ3) is 9.38. The molecular weight excluding hydrogens is 260 g/mol. The minimum absolute atomic E-state index is 0.270. The summed E-state index contributed by atoms with van der Waals surface area (Å²) in [4.78, 5) is 10.9. The van der Waals surface area contributed by atoms with E-state index in [1.807, 2.05) is 0 Å². The molecule has 0 saturated carbocycles. The fraction of sp³-hybridized carbons (Fsp3) is 0.909. The quantitative estimate of drug-likeness (QED) is 0.508. The fourth-order valence-electron chi connectivity index (χ4n) is 1.77. The van der Waals surface area contributed by atoms with Gasteiger partial charge in [-0.05, 0) is 18.8 Å². The number of aliphatic hydroxyl groups is 1. The van der Waals surface area contributed by atoms with Crippen LogP contribution in [0.5, 0.6) is 0 Å². The van der Waals surface area contributed by atoms with E-state index in [0.29, 0.717) is 6.42 Å². The molecule has 7 heteroatoms. The monoisotopic (exact) mass is 282 g/mol. The lowest BCUT2D eigenvalue weighted by atomic mass is 10.00. The highest BCUT2D eigenvalue weighted by atomic mass is 32.2. The number of ether oxygens (including phenoxy) is 1. The standard InChI is InChI=1S/C11H22O6S/c1-4-10(13)6-11(17-9(3)12)5-8(2)7-18(14,15)16/h8,10-11,13H,4-7H2,1-3H3,(H,14,15,16). The topological polar surface area (TPSA) is 101 Å². The van der Waals surface area contributed by atoms with Crippen LogP contribution >= 0.6 is 0 Å². The van der Waals surface area contributed by atoms with Crippen molar-refractivity contribution in [3.05, 3.63) is 0 Å². The molecule has 0 saturated heterocycles. The van der Waals surface area contributed by atoms with Crippen LogP contribution in [-0.2, 0) is 19.6 Å². The first-order chi connectivity index (χ1) is 8.14. The molecule has 108 valence electrons. The first-order valence-corrected chi connectivity index (χ1v) is 7.55. The Balaban J connectivity index is 4.43. The molecule has 0 amide bonds. The molecule has 0 aliphatic carbocycles. The van der Waals surface area contributed by atoms with E-state index >= 15 is 0 Å². The van der Waals surface area contributed by atoms with Gasteiger partial charge in [0, 0.05) is 13.3 Å². The molecule has 0 aliphatic heterocycles. The number of carbonyl (C=O) groups excluding carboxylic acids is 1. The van der Waals surface area contributed by atoms with E-state index in [1.165, 1.54) is 6.92 Å². The van der Waals surface area contributed by atoms with Crippen molar-refractivity contribution in [1.82, 2.24) is 0 Å². The molecule has 0 rings (SSSR count). The molecule has 0 fully saturated rings. The molecule has 0 aromatic carbocycles. The Hall–Kier alpha value is -0.660. The zero-order valence-electron chi connectivity index (χ0n) is 11.0. The number of carbonyl (C=O) groups is 1. The van der Waals surface area contributed by atoms with E-state index < -0.39 is 28.3 Å². The van der Waals surface area contributed by atoms with Crippen LogP contribution in [0.1, 0.15) is 40.0 Å². The van der Waals surface area contributed by atoms with Gasteiger partial charge in [0.1, 0.15) is 6.10 Å². The van der Waals surface area contributed by atoms with E-state index in [1.54, 1.807) is 13.8 Å². The molecule has 0 heterocycles. The van der Waals surface area contributed by atoms with E-state index in [9.17, 15) is 18.3 Å². The molecule has 0 aliphatic rings. The Morgan fingerprint density at radius 3 is 2.28 bits per heavy atom. The zero-order chi connectivity index (χ0) is 14.3. The Kier molecular flexibility index (Phi) is 7.42. The molecule has 3 unspecified atom stereocenters. The molecule has 0 spiro atoms. The predicted octanol–water partition coefficient (Wildman–Crippen LogP) is 0.993. The largest absolute Gasteiger partial charge is 0.462 e. The summed E-state index contributed by atoms with van der Waals surface area (Å²) in [6.07, 6.45) is -0.0336. The van der Waals surface area contributed by atoms with Crippen LogP contribution in [0.2, 0.25) is 0 Å². The van der Waals surface area contributed by atoms with Crippen molar-refractivity contribution < 1.29 is 27.6 Å². The number of aliphatic hydroxyl groups excluding tert-OH is 1. The van der Waals surface area contributed by atoms with Gasteiger partial charge in [-0.25, -0.2) is 0 Å². The summed E-state index contributed by atoms with van der Waals surface area (Å²) in [5.41, 5.74) is 0. The van der Waals surface area contributed by atoms with Gasteiger partial charge in [-0.2, -0.15) is 8.42 Å². The summed E-state index contributed by atoms with van der Waals surface area (Å²) < 4.78 is 35.2. The van der Waals surface area contributed by atoms with Gasteiger partial charge in [-0.15, -0.1) is 0 Å². The minimum atomic E-state index is -4.03. The maximum atomic E-state index is 10.9. The Morgan fingerprint density at radius 2 is 1.89 bits per heavy atom. The van der Waals surface area contributed by atoms with Gasteiger partial charge >= 0.3 is 5.97 Å². The maximum Gasteiger partial charge on any atom is 0.302 e. The smallest absolute Gasteiger partial charge is 0.302 e. The molecule has 18 heavy (non-hydrogen) atoms. The number of hydrogen-bond donors (Lipinski definition) is 2. The highest BCUT2D eigenvalue weighted by molar-refractivity contribution is 7.85. The highest BCUT2D eigenvalue weighted by Gasteiger charge is 2.22. The molecular formula is C11H22O6S. The lowest BCUT2D eigenvalue weighted by Crippen LogP contribution is -2.26. The van der Waals surface area contributed by atoms with E-state index in [0.717, 1.165) is 0 Å². The number of rotatable bonds is 8. The molecule has 6 nitrogen and oxygen atoms in total. The third-order valence-electron chi connectivity index (χ3n) is 2.50. The van der Waals surface area contributed by atoms with Crippen molar-refractivity contribution in [3.63, 3.8) is 0 Å². The van der Waals surface area contributed by atoms with Gasteiger partial charge in [-0.1, -0.05) is 13.8 Å². The van der Waals surface area contributed by atoms with Crippen LogP contribution in [0.25, 0.3) is 0 Å². The van der Waals surface area contributed by atoms with Crippen molar-refractivity contribution in [2.75, 3.05) is 5.75 Å². The Bertz CT molecular complexity index is 351. The molecule has 0 bridgehead atoms. The van der Waals surface area contributed by atoms with Crippen LogP contribution in [-0.4, -0.2) is 42.0 Å². The van der Waals surface area contributed by atoms with Gasteiger partial charge in [0.2, 0.25) is 0 Å². The van der Waals surface area contributed by atoms with Gasteiger partial charge in [-0.3, -0.25) is 9.35 Å². The van der Waals surface area contributed by atoms with Crippen LogP contribution in [0.4, 0.5) is 0 Å². The normalized spacial score (nSPS) is 16.9. The average Bonchev–Trinajstić information content (AvgIpc) is 2.12. The summed E-state index contributed by atoms with van der Waals surface area (Å²) >= 11 is 0. The molecule has 0 aromatic rings. The second-order valence-electron chi connectivity index (χ2n) is 4.62. The van der Waals surface area contributed by atoms with Crippen LogP contribution < -0.4 is 0 Å². The number of hydrogen-bond acceptors (Lipinski definition) is 5. The molecule has 2 N–H and O–H groups in total. The minimum Gasteiger partial charge on any atom is -0.462 e. The highest BCUT2D eigenvalue weighted by Crippen LogP contribution is 2.17. The van der Waals surface area contributed by atoms with Crippen molar-refractivity contribution in [3.8, 4) is 0 Å². The average molecular weight is 282 g/mol. The van der Waals surface area contributed by atoms with Gasteiger partial charge < -0.3 is 9.84 Å². The van der Waals surface area contributed by atoms with Gasteiger partial charge in [0.05, 0.1) is 11.9 Å². The Labute approximate surface area is 108 Å². The summed E-state index contributed by atoms with van der Waals surface area (Å²) in [5, 5.41) is 9.53.